The highest BCUT2D eigenvalue weighted by Crippen LogP contribution is 2.44. The molecule has 0 aliphatic carbocycles. The number of hydrogen-bond donors (Lipinski definition) is 1. The first-order chi connectivity index (χ1) is 17.7. The number of ether oxygens (including phenoxy) is 1. The van der Waals surface area contributed by atoms with E-state index in [-0.39, 0.29) is 37.8 Å². The van der Waals surface area contributed by atoms with Crippen molar-refractivity contribution in [1.29, 1.82) is 0 Å². The number of benzene rings is 3. The molecule has 0 fully saturated rings. The number of methoxy groups -OCH3 is 1. The lowest BCUT2D eigenvalue weighted by Gasteiger charge is -2.24. The van der Waals surface area contributed by atoms with Crippen molar-refractivity contribution < 1.29 is 22.1 Å². The van der Waals surface area contributed by atoms with E-state index in [1.165, 1.54) is 74.0 Å². The topological polar surface area (TPSA) is 106 Å². The van der Waals surface area contributed by atoms with E-state index < -0.39 is 15.8 Å². The molecule has 0 spiro atoms. The van der Waals surface area contributed by atoms with Gasteiger partial charge in [0.2, 0.25) is 5.56 Å². The summed E-state index contributed by atoms with van der Waals surface area (Å²) >= 11 is 12.6. The number of sulfonamides is 1. The molecule has 2 heterocycles. The number of halogens is 3. The zero-order valence-electron chi connectivity index (χ0n) is 18.9. The highest BCUT2D eigenvalue weighted by atomic mass is 35.5. The van der Waals surface area contributed by atoms with Gasteiger partial charge in [0.05, 0.1) is 17.0 Å². The molecule has 0 unspecified atom stereocenters. The molecule has 0 bridgehead atoms. The van der Waals surface area contributed by atoms with Crippen LogP contribution >= 0.6 is 23.2 Å². The monoisotopic (exact) mass is 559 g/mol. The number of H-pyrrole nitrogens is 1. The summed E-state index contributed by atoms with van der Waals surface area (Å²) in [6, 6.07) is 15.2. The highest BCUT2D eigenvalue weighted by molar-refractivity contribution is 7.93. The summed E-state index contributed by atoms with van der Waals surface area (Å²) in [5.41, 5.74) is 0.939. The molecule has 0 amide bonds. The third-order valence-corrected chi connectivity index (χ3v) is 7.77. The molecule has 5 aromatic rings. The average molecular weight is 560 g/mol. The third kappa shape index (κ3) is 4.66. The summed E-state index contributed by atoms with van der Waals surface area (Å²) in [5.74, 6) is -0.514. The van der Waals surface area contributed by atoms with Crippen molar-refractivity contribution in [2.24, 2.45) is 0 Å². The van der Waals surface area contributed by atoms with Gasteiger partial charge in [-0.2, -0.15) is 0 Å². The molecule has 0 saturated carbocycles. The number of anilines is 2. The molecule has 0 saturated heterocycles. The third-order valence-electron chi connectivity index (χ3n) is 5.53. The van der Waals surface area contributed by atoms with Crippen molar-refractivity contribution in [3.05, 3.63) is 99.2 Å². The van der Waals surface area contributed by atoms with Gasteiger partial charge in [-0.05, 0) is 65.5 Å². The van der Waals surface area contributed by atoms with Crippen LogP contribution in [0.3, 0.4) is 0 Å². The second kappa shape index (κ2) is 9.55. The van der Waals surface area contributed by atoms with E-state index in [0.29, 0.717) is 22.0 Å². The fourth-order valence-corrected chi connectivity index (χ4v) is 5.84. The summed E-state index contributed by atoms with van der Waals surface area (Å²) in [6.07, 6.45) is 1.22. The van der Waals surface area contributed by atoms with Crippen LogP contribution in [0.15, 0.2) is 87.2 Å². The molecule has 2 aromatic heterocycles. The second-order valence-electron chi connectivity index (χ2n) is 7.86. The van der Waals surface area contributed by atoms with Crippen LogP contribution in [-0.4, -0.2) is 25.7 Å². The number of aromatic nitrogens is 2. The van der Waals surface area contributed by atoms with Gasteiger partial charge < -0.3 is 14.2 Å². The number of aromatic amines is 1. The molecule has 188 valence electrons. The van der Waals surface area contributed by atoms with Gasteiger partial charge in [0.25, 0.3) is 10.0 Å². The number of hydrogen-bond acceptors (Lipinski definition) is 6. The normalized spacial score (nSPS) is 11.6. The van der Waals surface area contributed by atoms with Gasteiger partial charge in [-0.25, -0.2) is 17.1 Å². The van der Waals surface area contributed by atoms with Crippen LogP contribution in [0.4, 0.5) is 15.9 Å². The van der Waals surface area contributed by atoms with Crippen LogP contribution in [0.5, 0.6) is 5.75 Å². The summed E-state index contributed by atoms with van der Waals surface area (Å²) in [5, 5.41) is 4.60. The average Bonchev–Trinajstić information content (AvgIpc) is 3.37. The van der Waals surface area contributed by atoms with Crippen LogP contribution in [0.25, 0.3) is 22.0 Å². The highest BCUT2D eigenvalue weighted by Gasteiger charge is 2.32. The predicted octanol–water partition coefficient (Wildman–Crippen LogP) is 6.16. The zero-order valence-corrected chi connectivity index (χ0v) is 21.2. The van der Waals surface area contributed by atoms with E-state index in [1.807, 2.05) is 0 Å². The van der Waals surface area contributed by atoms with Crippen LogP contribution in [0.1, 0.15) is 0 Å². The molecule has 0 radical (unpaired) electrons. The molecule has 0 atom stereocenters. The summed E-state index contributed by atoms with van der Waals surface area (Å²) in [7, 11) is -2.96. The molecule has 12 heteroatoms. The molecule has 37 heavy (non-hydrogen) atoms. The summed E-state index contributed by atoms with van der Waals surface area (Å²) in [6.45, 7) is 0. The van der Waals surface area contributed by atoms with Crippen molar-refractivity contribution in [3.8, 4) is 16.9 Å². The van der Waals surface area contributed by atoms with Crippen LogP contribution in [0, 0.1) is 5.82 Å². The Morgan fingerprint density at radius 3 is 2.54 bits per heavy atom. The molecule has 0 aliphatic rings. The van der Waals surface area contributed by atoms with Crippen molar-refractivity contribution in [3.63, 3.8) is 0 Å². The Labute approximate surface area is 219 Å². The van der Waals surface area contributed by atoms with Crippen molar-refractivity contribution in [2.45, 2.75) is 4.90 Å². The van der Waals surface area contributed by atoms with Crippen molar-refractivity contribution in [1.82, 2.24) is 10.1 Å². The van der Waals surface area contributed by atoms with Crippen LogP contribution in [-0.2, 0) is 10.0 Å². The Morgan fingerprint density at radius 2 is 1.84 bits per heavy atom. The minimum atomic E-state index is -4.32. The van der Waals surface area contributed by atoms with Gasteiger partial charge in [-0.3, -0.25) is 4.79 Å². The maximum absolute atomic E-state index is 14.0. The maximum Gasteiger partial charge on any atom is 0.270 e. The smallest absolute Gasteiger partial charge is 0.270 e. The van der Waals surface area contributed by atoms with E-state index >= 15 is 0 Å². The SMILES string of the molecule is COc1cc(-c2cc(F)cc(Cl)c2)c(Cl)cc1N(c1ccon1)S(=O)(=O)c1ccc2[nH]c(=O)ccc2c1. The molecule has 1 N–H and O–H groups in total. The van der Waals surface area contributed by atoms with E-state index in [4.69, 9.17) is 32.5 Å². The van der Waals surface area contributed by atoms with Crippen molar-refractivity contribution >= 4 is 55.6 Å². The number of nitrogens with zero attached hydrogens (tertiary/aromatic N) is 2. The lowest BCUT2D eigenvalue weighted by molar-refractivity contribution is 0.414. The molecule has 0 aliphatic heterocycles. The van der Waals surface area contributed by atoms with Crippen LogP contribution in [0.2, 0.25) is 10.0 Å². The van der Waals surface area contributed by atoms with Crippen LogP contribution < -0.4 is 14.6 Å². The Morgan fingerprint density at radius 1 is 1.03 bits per heavy atom. The number of pyridine rings is 1. The number of fused-ring (bicyclic) bond motifs is 1. The van der Waals surface area contributed by atoms with Gasteiger partial charge in [0.15, 0.2) is 5.82 Å². The second-order valence-corrected chi connectivity index (χ2v) is 10.5. The number of nitrogens with one attached hydrogen (secondary N) is 1. The predicted molar refractivity (Wildman–Crippen MR) is 139 cm³/mol. The van der Waals surface area contributed by atoms with Gasteiger partial charge >= 0.3 is 0 Å². The van der Waals surface area contributed by atoms with E-state index in [1.54, 1.807) is 0 Å². The summed E-state index contributed by atoms with van der Waals surface area (Å²) < 4.78 is 53.3. The first kappa shape index (κ1) is 24.8. The summed E-state index contributed by atoms with van der Waals surface area (Å²) in [4.78, 5) is 14.2. The Kier molecular flexibility index (Phi) is 6.40. The lowest BCUT2D eigenvalue weighted by atomic mass is 10.0. The molecular formula is C25H16Cl2FN3O5S. The fourth-order valence-electron chi connectivity index (χ4n) is 3.88. The largest absolute Gasteiger partial charge is 0.495 e. The minimum Gasteiger partial charge on any atom is -0.495 e. The minimum absolute atomic E-state index is 0.0363. The first-order valence-electron chi connectivity index (χ1n) is 10.6. The Bertz CT molecular complexity index is 1790. The van der Waals surface area contributed by atoms with Gasteiger partial charge in [-0.15, -0.1) is 0 Å². The Hall–Kier alpha value is -3.86. The lowest BCUT2D eigenvalue weighted by Crippen LogP contribution is -2.27. The Balaban J connectivity index is 1.71. The van der Waals surface area contributed by atoms with E-state index in [2.05, 4.69) is 10.1 Å². The van der Waals surface area contributed by atoms with Gasteiger partial charge in [0, 0.05) is 28.2 Å². The van der Waals surface area contributed by atoms with E-state index in [0.717, 1.165) is 10.4 Å². The molecular weight excluding hydrogens is 544 g/mol. The van der Waals surface area contributed by atoms with Gasteiger partial charge in [-0.1, -0.05) is 28.4 Å². The zero-order chi connectivity index (χ0) is 26.3. The van der Waals surface area contributed by atoms with Crippen molar-refractivity contribution in [2.75, 3.05) is 11.4 Å². The van der Waals surface area contributed by atoms with Gasteiger partial charge in [0.1, 0.15) is 23.5 Å². The fraction of sp³-hybridized carbons (Fsp3) is 0.0400. The standard InChI is InChI=1S/C25H16Cl2FN3O5S/c1-35-23-12-19(15-8-16(26)11-17(28)9-15)20(27)13-22(23)31(24-6-7-36-30-24)37(33,34)18-3-4-21-14(10-18)2-5-25(32)29-21/h2-13H,1H3,(H,29,32). The molecule has 8 nitrogen and oxygen atoms in total. The quantitative estimate of drug-likeness (QED) is 0.267. The molecule has 5 rings (SSSR count). The molecule has 3 aromatic carbocycles. The number of rotatable bonds is 6. The first-order valence-corrected chi connectivity index (χ1v) is 12.8. The van der Waals surface area contributed by atoms with E-state index in [9.17, 15) is 17.6 Å². The maximum atomic E-state index is 14.0.